The predicted molar refractivity (Wildman–Crippen MR) is 73.3 cm³/mol. The van der Waals surface area contributed by atoms with Crippen molar-refractivity contribution in [2.75, 3.05) is 5.73 Å². The molecule has 0 fully saturated rings. The van der Waals surface area contributed by atoms with Gasteiger partial charge in [-0.25, -0.2) is 9.37 Å². The SMILES string of the molecule is Cc1cc(N)cc(-c2nc3ccc(F)cc3o2)c1C. The second kappa shape index (κ2) is 4.09. The quantitative estimate of drug-likeness (QED) is 0.673. The van der Waals surface area contributed by atoms with Gasteiger partial charge in [-0.3, -0.25) is 0 Å². The molecule has 19 heavy (non-hydrogen) atoms. The molecule has 0 saturated heterocycles. The van der Waals surface area contributed by atoms with Crippen LogP contribution in [0.4, 0.5) is 10.1 Å². The number of fused-ring (bicyclic) bond motifs is 1. The molecule has 4 heteroatoms. The number of nitrogen functional groups attached to an aromatic ring is 1. The Morgan fingerprint density at radius 2 is 1.95 bits per heavy atom. The van der Waals surface area contributed by atoms with Crippen LogP contribution in [0.25, 0.3) is 22.6 Å². The summed E-state index contributed by atoms with van der Waals surface area (Å²) in [5.41, 5.74) is 10.6. The molecule has 0 aliphatic rings. The first-order chi connectivity index (χ1) is 9.04. The van der Waals surface area contributed by atoms with E-state index in [1.54, 1.807) is 6.07 Å². The summed E-state index contributed by atoms with van der Waals surface area (Å²) in [6, 6.07) is 8.03. The van der Waals surface area contributed by atoms with Gasteiger partial charge in [0.2, 0.25) is 5.89 Å². The van der Waals surface area contributed by atoms with Gasteiger partial charge in [-0.15, -0.1) is 0 Å². The summed E-state index contributed by atoms with van der Waals surface area (Å²) >= 11 is 0. The van der Waals surface area contributed by atoms with E-state index in [9.17, 15) is 4.39 Å². The van der Waals surface area contributed by atoms with Crippen LogP contribution in [0.15, 0.2) is 34.7 Å². The monoisotopic (exact) mass is 256 g/mol. The van der Waals surface area contributed by atoms with Crippen LogP contribution in [0.1, 0.15) is 11.1 Å². The minimum absolute atomic E-state index is 0.337. The first-order valence-electron chi connectivity index (χ1n) is 5.98. The van der Waals surface area contributed by atoms with E-state index in [4.69, 9.17) is 10.2 Å². The summed E-state index contributed by atoms with van der Waals surface area (Å²) < 4.78 is 18.8. The lowest BCUT2D eigenvalue weighted by atomic mass is 10.0. The molecule has 0 atom stereocenters. The van der Waals surface area contributed by atoms with E-state index in [2.05, 4.69) is 4.98 Å². The number of benzene rings is 2. The van der Waals surface area contributed by atoms with Crippen molar-refractivity contribution in [1.29, 1.82) is 0 Å². The molecule has 3 nitrogen and oxygen atoms in total. The zero-order valence-corrected chi connectivity index (χ0v) is 10.7. The fraction of sp³-hybridized carbons (Fsp3) is 0.133. The molecule has 1 aromatic heterocycles. The van der Waals surface area contributed by atoms with Crippen LogP contribution in [0.5, 0.6) is 0 Å². The fourth-order valence-corrected chi connectivity index (χ4v) is 2.12. The fourth-order valence-electron chi connectivity index (χ4n) is 2.12. The van der Waals surface area contributed by atoms with Gasteiger partial charge in [-0.1, -0.05) is 0 Å². The average Bonchev–Trinajstić information content (AvgIpc) is 2.76. The molecular weight excluding hydrogens is 243 g/mol. The van der Waals surface area contributed by atoms with Crippen molar-refractivity contribution in [1.82, 2.24) is 4.98 Å². The van der Waals surface area contributed by atoms with Crippen molar-refractivity contribution in [2.45, 2.75) is 13.8 Å². The minimum Gasteiger partial charge on any atom is -0.436 e. The van der Waals surface area contributed by atoms with Gasteiger partial charge in [-0.05, 0) is 49.2 Å². The van der Waals surface area contributed by atoms with Crippen LogP contribution in [0.2, 0.25) is 0 Å². The van der Waals surface area contributed by atoms with Gasteiger partial charge < -0.3 is 10.2 Å². The van der Waals surface area contributed by atoms with Crippen LogP contribution in [0, 0.1) is 19.7 Å². The lowest BCUT2D eigenvalue weighted by Crippen LogP contribution is -1.92. The Bertz CT molecular complexity index is 777. The van der Waals surface area contributed by atoms with Gasteiger partial charge in [0.1, 0.15) is 11.3 Å². The van der Waals surface area contributed by atoms with E-state index < -0.39 is 0 Å². The summed E-state index contributed by atoms with van der Waals surface area (Å²) in [4.78, 5) is 4.38. The average molecular weight is 256 g/mol. The van der Waals surface area contributed by atoms with Crippen LogP contribution in [0.3, 0.4) is 0 Å². The Labute approximate surface area is 109 Å². The zero-order valence-electron chi connectivity index (χ0n) is 10.7. The molecule has 0 aliphatic carbocycles. The highest BCUT2D eigenvalue weighted by molar-refractivity contribution is 5.78. The number of oxazole rings is 1. The summed E-state index contributed by atoms with van der Waals surface area (Å²) in [6.07, 6.45) is 0. The number of nitrogens with two attached hydrogens (primary N) is 1. The number of hydrogen-bond donors (Lipinski definition) is 1. The Morgan fingerprint density at radius 1 is 1.16 bits per heavy atom. The molecule has 2 N–H and O–H groups in total. The van der Waals surface area contributed by atoms with Crippen molar-refractivity contribution in [3.8, 4) is 11.5 Å². The van der Waals surface area contributed by atoms with Crippen molar-refractivity contribution < 1.29 is 8.81 Å². The Balaban J connectivity index is 2.24. The lowest BCUT2D eigenvalue weighted by molar-refractivity contribution is 0.602. The molecule has 0 saturated carbocycles. The van der Waals surface area contributed by atoms with Gasteiger partial charge >= 0.3 is 0 Å². The van der Waals surface area contributed by atoms with Crippen molar-refractivity contribution in [3.05, 3.63) is 47.3 Å². The maximum Gasteiger partial charge on any atom is 0.227 e. The maximum absolute atomic E-state index is 13.1. The summed E-state index contributed by atoms with van der Waals surface area (Å²) in [6.45, 7) is 3.97. The van der Waals surface area contributed by atoms with Crippen molar-refractivity contribution >= 4 is 16.8 Å². The lowest BCUT2D eigenvalue weighted by Gasteiger charge is -2.06. The highest BCUT2D eigenvalue weighted by Gasteiger charge is 2.13. The number of aryl methyl sites for hydroxylation is 1. The topological polar surface area (TPSA) is 52.0 Å². The molecule has 0 amide bonds. The maximum atomic E-state index is 13.1. The number of anilines is 1. The largest absolute Gasteiger partial charge is 0.436 e. The molecule has 0 radical (unpaired) electrons. The van der Waals surface area contributed by atoms with E-state index in [0.29, 0.717) is 22.7 Å². The molecule has 0 spiro atoms. The van der Waals surface area contributed by atoms with Crippen LogP contribution in [-0.4, -0.2) is 4.98 Å². The molecule has 96 valence electrons. The smallest absolute Gasteiger partial charge is 0.227 e. The van der Waals surface area contributed by atoms with E-state index in [1.165, 1.54) is 12.1 Å². The molecule has 3 aromatic rings. The van der Waals surface area contributed by atoms with Gasteiger partial charge in [-0.2, -0.15) is 0 Å². The van der Waals surface area contributed by atoms with E-state index in [0.717, 1.165) is 16.7 Å². The van der Waals surface area contributed by atoms with Gasteiger partial charge in [0.15, 0.2) is 5.58 Å². The Kier molecular flexibility index (Phi) is 2.52. The normalized spacial score (nSPS) is 11.1. The van der Waals surface area contributed by atoms with E-state index in [1.807, 2.05) is 26.0 Å². The number of nitrogens with zero attached hydrogens (tertiary/aromatic N) is 1. The standard InChI is InChI=1S/C15H13FN2O/c1-8-5-11(17)7-12(9(8)2)15-18-13-4-3-10(16)6-14(13)19-15/h3-7H,17H2,1-2H3. The molecule has 2 aromatic carbocycles. The molecule has 1 heterocycles. The van der Waals surface area contributed by atoms with Gasteiger partial charge in [0.05, 0.1) is 0 Å². The van der Waals surface area contributed by atoms with E-state index in [-0.39, 0.29) is 5.82 Å². The molecular formula is C15H13FN2O. The summed E-state index contributed by atoms with van der Waals surface area (Å²) in [7, 11) is 0. The molecule has 3 rings (SSSR count). The van der Waals surface area contributed by atoms with Gasteiger partial charge in [0, 0.05) is 17.3 Å². The first-order valence-corrected chi connectivity index (χ1v) is 5.98. The van der Waals surface area contributed by atoms with E-state index >= 15 is 0 Å². The Hall–Kier alpha value is -2.36. The second-order valence-corrected chi connectivity index (χ2v) is 4.64. The van der Waals surface area contributed by atoms with Crippen molar-refractivity contribution in [3.63, 3.8) is 0 Å². The third-order valence-electron chi connectivity index (χ3n) is 3.27. The number of aromatic nitrogens is 1. The number of halogens is 1. The van der Waals surface area contributed by atoms with Gasteiger partial charge in [0.25, 0.3) is 0 Å². The van der Waals surface area contributed by atoms with Crippen LogP contribution in [-0.2, 0) is 0 Å². The third kappa shape index (κ3) is 1.95. The first kappa shape index (κ1) is 11.7. The minimum atomic E-state index is -0.337. The summed E-state index contributed by atoms with van der Waals surface area (Å²) in [5, 5.41) is 0. The zero-order chi connectivity index (χ0) is 13.6. The third-order valence-corrected chi connectivity index (χ3v) is 3.27. The molecule has 0 bridgehead atoms. The highest BCUT2D eigenvalue weighted by Crippen LogP contribution is 2.30. The van der Waals surface area contributed by atoms with Crippen molar-refractivity contribution in [2.24, 2.45) is 0 Å². The van der Waals surface area contributed by atoms with Crippen LogP contribution >= 0.6 is 0 Å². The predicted octanol–water partition coefficient (Wildman–Crippen LogP) is 3.83. The number of rotatable bonds is 1. The Morgan fingerprint density at radius 3 is 2.74 bits per heavy atom. The number of hydrogen-bond acceptors (Lipinski definition) is 3. The highest BCUT2D eigenvalue weighted by atomic mass is 19.1. The van der Waals surface area contributed by atoms with Crippen LogP contribution < -0.4 is 5.73 Å². The second-order valence-electron chi connectivity index (χ2n) is 4.64. The summed E-state index contributed by atoms with van der Waals surface area (Å²) in [5.74, 6) is 0.129. The molecule has 0 unspecified atom stereocenters. The molecule has 0 aliphatic heterocycles.